The first kappa shape index (κ1) is 18.0. The molecule has 0 unspecified atom stereocenters. The molecule has 0 aliphatic carbocycles. The number of hydrogen-bond acceptors (Lipinski definition) is 3. The van der Waals surface area contributed by atoms with Gasteiger partial charge in [-0.2, -0.15) is 0 Å². The Labute approximate surface area is 146 Å². The summed E-state index contributed by atoms with van der Waals surface area (Å²) in [6.45, 7) is 3.99. The van der Waals surface area contributed by atoms with Gasteiger partial charge in [0.15, 0.2) is 0 Å². The summed E-state index contributed by atoms with van der Waals surface area (Å²) in [5.74, 6) is -0.643. The lowest BCUT2D eigenvalue weighted by Gasteiger charge is -2.19. The molecule has 2 rings (SSSR count). The Bertz CT molecular complexity index is 713. The summed E-state index contributed by atoms with van der Waals surface area (Å²) >= 11 is 6.23. The molecule has 0 spiro atoms. The standard InChI is InChI=1S/C19H20ClNO3/c1-3-24-18(22)12-17(15-6-4-5-7-16(15)20)21-19(23)14-10-8-13(2)9-11-14/h4-11,17H,3,12H2,1-2H3,(H,21,23)/t17-/m1/s1. The van der Waals surface area contributed by atoms with Crippen molar-refractivity contribution in [2.75, 3.05) is 6.61 Å². The Kier molecular flexibility index (Phi) is 6.38. The molecule has 5 heteroatoms. The van der Waals surface area contributed by atoms with Gasteiger partial charge in [0.05, 0.1) is 19.1 Å². The number of aryl methyl sites for hydroxylation is 1. The van der Waals surface area contributed by atoms with Crippen LogP contribution in [-0.4, -0.2) is 18.5 Å². The van der Waals surface area contributed by atoms with E-state index in [1.807, 2.05) is 25.1 Å². The number of rotatable bonds is 6. The lowest BCUT2D eigenvalue weighted by Crippen LogP contribution is -2.30. The molecular weight excluding hydrogens is 326 g/mol. The van der Waals surface area contributed by atoms with Crippen molar-refractivity contribution in [3.05, 3.63) is 70.2 Å². The second-order valence-corrected chi connectivity index (χ2v) is 5.83. The number of benzene rings is 2. The Balaban J connectivity index is 2.22. The van der Waals surface area contributed by atoms with Crippen molar-refractivity contribution >= 4 is 23.5 Å². The number of carbonyl (C=O) groups is 2. The van der Waals surface area contributed by atoms with Crippen LogP contribution in [0, 0.1) is 6.92 Å². The fourth-order valence-corrected chi connectivity index (χ4v) is 2.60. The number of amides is 1. The summed E-state index contributed by atoms with van der Waals surface area (Å²) in [6, 6.07) is 13.8. The van der Waals surface area contributed by atoms with Crippen molar-refractivity contribution in [3.8, 4) is 0 Å². The molecule has 0 aromatic heterocycles. The highest BCUT2D eigenvalue weighted by Gasteiger charge is 2.21. The third kappa shape index (κ3) is 4.83. The van der Waals surface area contributed by atoms with Gasteiger partial charge in [0.2, 0.25) is 0 Å². The van der Waals surface area contributed by atoms with Gasteiger partial charge in [-0.05, 0) is 37.6 Å². The van der Waals surface area contributed by atoms with Gasteiger partial charge in [-0.1, -0.05) is 47.5 Å². The first-order chi connectivity index (χ1) is 11.5. The zero-order chi connectivity index (χ0) is 17.5. The molecule has 0 saturated heterocycles. The Morgan fingerprint density at radius 2 is 1.79 bits per heavy atom. The predicted octanol–water partition coefficient (Wildman–Crippen LogP) is 4.07. The number of ether oxygens (including phenoxy) is 1. The molecular formula is C19H20ClNO3. The van der Waals surface area contributed by atoms with Crippen LogP contribution in [0.15, 0.2) is 48.5 Å². The minimum Gasteiger partial charge on any atom is -0.466 e. The average Bonchev–Trinajstić information content (AvgIpc) is 2.55. The molecule has 4 nitrogen and oxygen atoms in total. The topological polar surface area (TPSA) is 55.4 Å². The largest absolute Gasteiger partial charge is 0.466 e. The smallest absolute Gasteiger partial charge is 0.308 e. The van der Waals surface area contributed by atoms with Crippen LogP contribution in [0.4, 0.5) is 0 Å². The van der Waals surface area contributed by atoms with Gasteiger partial charge in [0, 0.05) is 10.6 Å². The first-order valence-corrected chi connectivity index (χ1v) is 8.16. The first-order valence-electron chi connectivity index (χ1n) is 7.79. The molecule has 0 aliphatic heterocycles. The van der Waals surface area contributed by atoms with E-state index in [1.165, 1.54) is 0 Å². The highest BCUT2D eigenvalue weighted by molar-refractivity contribution is 6.31. The molecule has 1 amide bonds. The second-order valence-electron chi connectivity index (χ2n) is 5.42. The number of esters is 1. The molecule has 126 valence electrons. The lowest BCUT2D eigenvalue weighted by molar-refractivity contribution is -0.143. The normalized spacial score (nSPS) is 11.6. The van der Waals surface area contributed by atoms with Crippen LogP contribution in [0.25, 0.3) is 0 Å². The Morgan fingerprint density at radius 3 is 2.42 bits per heavy atom. The van der Waals surface area contributed by atoms with E-state index in [-0.39, 0.29) is 18.3 Å². The van der Waals surface area contributed by atoms with Crippen molar-refractivity contribution in [1.82, 2.24) is 5.32 Å². The average molecular weight is 346 g/mol. The maximum Gasteiger partial charge on any atom is 0.308 e. The van der Waals surface area contributed by atoms with Crippen molar-refractivity contribution < 1.29 is 14.3 Å². The monoisotopic (exact) mass is 345 g/mol. The van der Waals surface area contributed by atoms with E-state index in [4.69, 9.17) is 16.3 Å². The van der Waals surface area contributed by atoms with Gasteiger partial charge in [-0.15, -0.1) is 0 Å². The van der Waals surface area contributed by atoms with Gasteiger partial charge in [-0.3, -0.25) is 9.59 Å². The summed E-state index contributed by atoms with van der Waals surface area (Å²) in [6.07, 6.45) is 0.0230. The molecule has 0 fully saturated rings. The van der Waals surface area contributed by atoms with Crippen LogP contribution in [0.1, 0.15) is 40.9 Å². The molecule has 0 saturated carbocycles. The molecule has 2 aromatic rings. The Hall–Kier alpha value is -2.33. The molecule has 0 bridgehead atoms. The van der Waals surface area contributed by atoms with E-state index in [1.54, 1.807) is 37.3 Å². The van der Waals surface area contributed by atoms with E-state index < -0.39 is 6.04 Å². The van der Waals surface area contributed by atoms with Crippen molar-refractivity contribution in [2.24, 2.45) is 0 Å². The maximum absolute atomic E-state index is 12.5. The molecule has 0 aliphatic rings. The number of nitrogens with one attached hydrogen (secondary N) is 1. The fraction of sp³-hybridized carbons (Fsp3) is 0.263. The number of hydrogen-bond donors (Lipinski definition) is 1. The third-order valence-electron chi connectivity index (χ3n) is 3.58. The zero-order valence-electron chi connectivity index (χ0n) is 13.7. The van der Waals surface area contributed by atoms with Gasteiger partial charge in [-0.25, -0.2) is 0 Å². The summed E-state index contributed by atoms with van der Waals surface area (Å²) in [5, 5.41) is 3.37. The highest BCUT2D eigenvalue weighted by Crippen LogP contribution is 2.26. The number of carbonyl (C=O) groups excluding carboxylic acids is 2. The second kappa shape index (κ2) is 8.50. The van der Waals surface area contributed by atoms with E-state index in [0.29, 0.717) is 22.8 Å². The van der Waals surface area contributed by atoms with Crippen LogP contribution in [0.5, 0.6) is 0 Å². The van der Waals surface area contributed by atoms with Crippen LogP contribution in [0.2, 0.25) is 5.02 Å². The summed E-state index contributed by atoms with van der Waals surface area (Å²) < 4.78 is 5.00. The minimum atomic E-state index is -0.549. The van der Waals surface area contributed by atoms with Crippen LogP contribution in [-0.2, 0) is 9.53 Å². The molecule has 0 heterocycles. The summed E-state index contributed by atoms with van der Waals surface area (Å²) in [4.78, 5) is 24.4. The summed E-state index contributed by atoms with van der Waals surface area (Å²) in [7, 11) is 0. The van der Waals surface area contributed by atoms with E-state index in [9.17, 15) is 9.59 Å². The van der Waals surface area contributed by atoms with Crippen LogP contribution in [0.3, 0.4) is 0 Å². The van der Waals surface area contributed by atoms with E-state index in [0.717, 1.165) is 5.56 Å². The molecule has 24 heavy (non-hydrogen) atoms. The van der Waals surface area contributed by atoms with Gasteiger partial charge < -0.3 is 10.1 Å². The minimum absolute atomic E-state index is 0.0230. The van der Waals surface area contributed by atoms with Gasteiger partial charge >= 0.3 is 5.97 Å². The van der Waals surface area contributed by atoms with E-state index >= 15 is 0 Å². The predicted molar refractivity (Wildman–Crippen MR) is 94.1 cm³/mol. The van der Waals surface area contributed by atoms with E-state index in [2.05, 4.69) is 5.32 Å². The fourth-order valence-electron chi connectivity index (χ4n) is 2.33. The van der Waals surface area contributed by atoms with Crippen molar-refractivity contribution in [1.29, 1.82) is 0 Å². The maximum atomic E-state index is 12.5. The summed E-state index contributed by atoms with van der Waals surface area (Å²) in [5.41, 5.74) is 2.29. The van der Waals surface area contributed by atoms with Crippen LogP contribution >= 0.6 is 11.6 Å². The van der Waals surface area contributed by atoms with Crippen molar-refractivity contribution in [2.45, 2.75) is 26.3 Å². The molecule has 1 N–H and O–H groups in total. The van der Waals surface area contributed by atoms with Gasteiger partial charge in [0.1, 0.15) is 0 Å². The molecule has 2 aromatic carbocycles. The SMILES string of the molecule is CCOC(=O)C[C@@H](NC(=O)c1ccc(C)cc1)c1ccccc1Cl. The van der Waals surface area contributed by atoms with Gasteiger partial charge in [0.25, 0.3) is 5.91 Å². The highest BCUT2D eigenvalue weighted by atomic mass is 35.5. The quantitative estimate of drug-likeness (QED) is 0.803. The Morgan fingerprint density at radius 1 is 1.12 bits per heavy atom. The molecule has 0 radical (unpaired) electrons. The third-order valence-corrected chi connectivity index (χ3v) is 3.92. The van der Waals surface area contributed by atoms with Crippen molar-refractivity contribution in [3.63, 3.8) is 0 Å². The van der Waals surface area contributed by atoms with Crippen LogP contribution < -0.4 is 5.32 Å². The lowest BCUT2D eigenvalue weighted by atomic mass is 10.0. The molecule has 1 atom stereocenters. The zero-order valence-corrected chi connectivity index (χ0v) is 14.5. The number of halogens is 1.